The summed E-state index contributed by atoms with van der Waals surface area (Å²) >= 11 is 6.95. The van der Waals surface area contributed by atoms with Crippen LogP contribution in [0.1, 0.15) is 29.7 Å². The second-order valence-corrected chi connectivity index (χ2v) is 13.8. The number of hydrogen-bond acceptors (Lipinski definition) is 8. The first kappa shape index (κ1) is 33.3. The smallest absolute Gasteiger partial charge is 0.271 e. The zero-order valence-corrected chi connectivity index (χ0v) is 30.0. The van der Waals surface area contributed by atoms with Gasteiger partial charge in [-0.2, -0.15) is 0 Å². The number of allylic oxidation sites excluding steroid dienone is 1. The molecule has 1 amide bonds. The molecule has 10 nitrogen and oxygen atoms in total. The highest BCUT2D eigenvalue weighted by Gasteiger charge is 2.33. The van der Waals surface area contributed by atoms with Crippen LogP contribution in [0, 0.1) is 13.7 Å². The molecule has 13 heteroatoms. The number of ether oxygens (including phenoxy) is 2. The molecule has 1 atom stereocenters. The number of thiazole rings is 1. The highest BCUT2D eigenvalue weighted by atomic mass is 127. The fourth-order valence-corrected chi connectivity index (χ4v) is 8.05. The summed E-state index contributed by atoms with van der Waals surface area (Å²) in [5, 5.41) is 14.0. The van der Waals surface area contributed by atoms with E-state index in [4.69, 9.17) is 14.5 Å². The molecular formula is C35H26BrIN4O6S. The number of aromatic nitrogens is 1. The van der Waals surface area contributed by atoms with Crippen LogP contribution in [-0.4, -0.2) is 22.5 Å². The number of anilines is 1. The SMILES string of the molecule is COc1cccc([C@@H]2C(C(=O)Nc3ccccc3)=C(C)N=c3s/c(=C\c4cc(Br)cc(I)c4OCc4ccc([N+](=O)[O-])cc4)c(=O)n32)c1. The summed E-state index contributed by atoms with van der Waals surface area (Å²) in [6, 6.07) is 25.6. The normalized spacial score (nSPS) is 14.2. The van der Waals surface area contributed by atoms with Crippen LogP contribution in [-0.2, 0) is 11.4 Å². The third-order valence-corrected chi connectivity index (χ3v) is 9.80. The zero-order chi connectivity index (χ0) is 33.9. The third kappa shape index (κ3) is 6.98. The van der Waals surface area contributed by atoms with Gasteiger partial charge in [-0.05, 0) is 95.2 Å². The van der Waals surface area contributed by atoms with Crippen LogP contribution in [0.2, 0.25) is 0 Å². The number of halogens is 2. The molecule has 242 valence electrons. The van der Waals surface area contributed by atoms with Crippen molar-refractivity contribution in [2.24, 2.45) is 4.99 Å². The van der Waals surface area contributed by atoms with E-state index in [9.17, 15) is 19.7 Å². The monoisotopic (exact) mass is 836 g/mol. The van der Waals surface area contributed by atoms with E-state index in [2.05, 4.69) is 43.8 Å². The number of nitrogens with one attached hydrogen (secondary N) is 1. The van der Waals surface area contributed by atoms with Crippen LogP contribution >= 0.6 is 49.9 Å². The summed E-state index contributed by atoms with van der Waals surface area (Å²) in [4.78, 5) is 44.0. The fourth-order valence-electron chi connectivity index (χ4n) is 5.31. The molecule has 1 aliphatic rings. The predicted octanol–water partition coefficient (Wildman–Crippen LogP) is 6.74. The lowest BCUT2D eigenvalue weighted by Gasteiger charge is -2.25. The number of nitro benzene ring substituents is 1. The number of amides is 1. The van der Waals surface area contributed by atoms with E-state index < -0.39 is 11.0 Å². The molecule has 1 N–H and O–H groups in total. The van der Waals surface area contributed by atoms with Crippen molar-refractivity contribution in [1.29, 1.82) is 0 Å². The average Bonchev–Trinajstić information content (AvgIpc) is 3.37. The van der Waals surface area contributed by atoms with Gasteiger partial charge in [0.25, 0.3) is 17.2 Å². The van der Waals surface area contributed by atoms with Crippen LogP contribution in [0.3, 0.4) is 0 Å². The van der Waals surface area contributed by atoms with Gasteiger partial charge in [-0.15, -0.1) is 0 Å². The maximum Gasteiger partial charge on any atom is 0.271 e. The molecule has 6 rings (SSSR count). The van der Waals surface area contributed by atoms with E-state index in [1.807, 2.05) is 48.5 Å². The van der Waals surface area contributed by atoms with E-state index >= 15 is 0 Å². The van der Waals surface area contributed by atoms with Crippen molar-refractivity contribution in [3.63, 3.8) is 0 Å². The number of rotatable bonds is 9. The highest BCUT2D eigenvalue weighted by molar-refractivity contribution is 14.1. The molecule has 48 heavy (non-hydrogen) atoms. The van der Waals surface area contributed by atoms with Crippen molar-refractivity contribution in [2.45, 2.75) is 19.6 Å². The van der Waals surface area contributed by atoms with Crippen molar-refractivity contribution in [3.8, 4) is 11.5 Å². The molecule has 2 heterocycles. The Morgan fingerprint density at radius 2 is 1.85 bits per heavy atom. The van der Waals surface area contributed by atoms with E-state index in [-0.39, 0.29) is 23.8 Å². The Bertz CT molecular complexity index is 2270. The van der Waals surface area contributed by atoms with Gasteiger partial charge in [0.1, 0.15) is 18.1 Å². The van der Waals surface area contributed by atoms with E-state index in [1.54, 1.807) is 55.0 Å². The number of hydrogen-bond donors (Lipinski definition) is 1. The molecule has 0 fully saturated rings. The minimum absolute atomic E-state index is 0.00349. The van der Waals surface area contributed by atoms with Gasteiger partial charge in [0, 0.05) is 27.9 Å². The Hall–Kier alpha value is -4.60. The maximum atomic E-state index is 14.3. The van der Waals surface area contributed by atoms with Crippen molar-refractivity contribution in [3.05, 3.63) is 157 Å². The summed E-state index contributed by atoms with van der Waals surface area (Å²) in [5.41, 5.74) is 3.23. The van der Waals surface area contributed by atoms with Crippen LogP contribution in [0.25, 0.3) is 6.08 Å². The summed E-state index contributed by atoms with van der Waals surface area (Å²) in [7, 11) is 1.56. The molecule has 1 aliphatic heterocycles. The number of carbonyl (C=O) groups excluding carboxylic acids is 1. The molecule has 5 aromatic rings. The number of methoxy groups -OCH3 is 1. The number of nitrogens with zero attached hydrogens (tertiary/aromatic N) is 3. The molecule has 0 radical (unpaired) electrons. The van der Waals surface area contributed by atoms with Gasteiger partial charge in [0.15, 0.2) is 4.80 Å². The maximum absolute atomic E-state index is 14.3. The number of benzene rings is 4. The van der Waals surface area contributed by atoms with Gasteiger partial charge in [-0.1, -0.05) is 57.6 Å². The zero-order valence-electron chi connectivity index (χ0n) is 25.5. The van der Waals surface area contributed by atoms with Crippen molar-refractivity contribution in [1.82, 2.24) is 4.57 Å². The Morgan fingerprint density at radius 3 is 2.56 bits per heavy atom. The van der Waals surface area contributed by atoms with Crippen molar-refractivity contribution >= 4 is 73.2 Å². The Balaban J connectivity index is 1.44. The predicted molar refractivity (Wildman–Crippen MR) is 196 cm³/mol. The molecule has 0 aliphatic carbocycles. The Labute approximate surface area is 300 Å². The molecule has 0 saturated carbocycles. The number of fused-ring (bicyclic) bond motifs is 1. The lowest BCUT2D eigenvalue weighted by molar-refractivity contribution is -0.384. The lowest BCUT2D eigenvalue weighted by atomic mass is 9.95. The molecule has 1 aromatic heterocycles. The van der Waals surface area contributed by atoms with Gasteiger partial charge in [-0.25, -0.2) is 4.99 Å². The summed E-state index contributed by atoms with van der Waals surface area (Å²) in [5.74, 6) is 0.769. The molecule has 0 bridgehead atoms. The molecule has 0 unspecified atom stereocenters. The Kier molecular flexibility index (Phi) is 9.89. The minimum Gasteiger partial charge on any atom is -0.497 e. The van der Waals surface area contributed by atoms with Crippen LogP contribution in [0.4, 0.5) is 11.4 Å². The molecule has 0 spiro atoms. The summed E-state index contributed by atoms with van der Waals surface area (Å²) < 4.78 is 15.3. The van der Waals surface area contributed by atoms with Crippen molar-refractivity contribution in [2.75, 3.05) is 12.4 Å². The highest BCUT2D eigenvalue weighted by Crippen LogP contribution is 2.34. The van der Waals surface area contributed by atoms with E-state index in [0.29, 0.717) is 48.9 Å². The topological polar surface area (TPSA) is 125 Å². The summed E-state index contributed by atoms with van der Waals surface area (Å²) in [6.07, 6.45) is 1.76. The van der Waals surface area contributed by atoms with Crippen molar-refractivity contribution < 1.29 is 19.2 Å². The number of non-ortho nitro benzene ring substituents is 1. The quantitative estimate of drug-likeness (QED) is 0.0998. The van der Waals surface area contributed by atoms with Crippen LogP contribution in [0.15, 0.2) is 117 Å². The fraction of sp³-hybridized carbons (Fsp3) is 0.114. The largest absolute Gasteiger partial charge is 0.497 e. The molecular weight excluding hydrogens is 811 g/mol. The lowest BCUT2D eigenvalue weighted by Crippen LogP contribution is -2.40. The van der Waals surface area contributed by atoms with Crippen LogP contribution in [0.5, 0.6) is 11.5 Å². The molecule has 0 saturated heterocycles. The second-order valence-electron chi connectivity index (χ2n) is 10.7. The average molecular weight is 837 g/mol. The first-order valence-corrected chi connectivity index (χ1v) is 17.2. The standard InChI is InChI=1S/C35H26BrIN4O6S/c1-20-30(33(42)39-25-8-4-3-5-9-25)31(22-7-6-10-27(16-22)46-2)40-34(43)29(48-35(40)38-20)17-23-15-24(36)18-28(37)32(23)47-19-21-11-13-26(14-12-21)41(44)45/h3-18,31H,19H2,1-2H3,(H,39,42)/b29-17-/t31-/m1/s1. The number of para-hydroxylation sites is 1. The van der Waals surface area contributed by atoms with Gasteiger partial charge < -0.3 is 14.8 Å². The van der Waals surface area contributed by atoms with Gasteiger partial charge >= 0.3 is 0 Å². The van der Waals surface area contributed by atoms with E-state index in [0.717, 1.165) is 13.6 Å². The minimum atomic E-state index is -0.775. The summed E-state index contributed by atoms with van der Waals surface area (Å²) in [6.45, 7) is 1.93. The van der Waals surface area contributed by atoms with Crippen LogP contribution < -0.4 is 29.7 Å². The third-order valence-electron chi connectivity index (χ3n) is 7.56. The number of nitro groups is 1. The first-order chi connectivity index (χ1) is 23.1. The number of carbonyl (C=O) groups is 1. The second kappa shape index (κ2) is 14.3. The Morgan fingerprint density at radius 1 is 1.10 bits per heavy atom. The first-order valence-electron chi connectivity index (χ1n) is 14.5. The molecule has 4 aromatic carbocycles. The van der Waals surface area contributed by atoms with Gasteiger partial charge in [0.2, 0.25) is 0 Å². The van der Waals surface area contributed by atoms with Gasteiger partial charge in [0.05, 0.1) is 37.4 Å². The van der Waals surface area contributed by atoms with E-state index in [1.165, 1.54) is 23.5 Å². The van der Waals surface area contributed by atoms with Gasteiger partial charge in [-0.3, -0.25) is 24.3 Å².